The molecule has 0 aliphatic carbocycles. The van der Waals surface area contributed by atoms with E-state index in [1.807, 2.05) is 43.3 Å². The van der Waals surface area contributed by atoms with Crippen molar-refractivity contribution < 1.29 is 4.79 Å². The summed E-state index contributed by atoms with van der Waals surface area (Å²) in [5.41, 5.74) is 1.78. The average Bonchev–Trinajstić information content (AvgIpc) is 2.27. The van der Waals surface area contributed by atoms with Gasteiger partial charge in [0.25, 0.3) is 0 Å². The van der Waals surface area contributed by atoms with Crippen LogP contribution in [0.2, 0.25) is 0 Å². The van der Waals surface area contributed by atoms with Gasteiger partial charge in [-0.2, -0.15) is 0 Å². The number of Topliss-reactive ketones (excluding diaryl/α,β-unsaturated/α-hetero) is 1. The highest BCUT2D eigenvalue weighted by atomic mass is 79.9. The van der Waals surface area contributed by atoms with Crippen LogP contribution in [0.5, 0.6) is 0 Å². The number of nitrogens with zero attached hydrogens (tertiary/aromatic N) is 1. The van der Waals surface area contributed by atoms with E-state index in [4.69, 9.17) is 0 Å². The Hall–Kier alpha value is -0.350. The molecule has 0 spiro atoms. The third-order valence-electron chi connectivity index (χ3n) is 2.07. The second-order valence-corrected chi connectivity index (χ2v) is 5.18. The van der Waals surface area contributed by atoms with Crippen LogP contribution >= 0.6 is 31.9 Å². The van der Waals surface area contributed by atoms with Gasteiger partial charge in [-0.3, -0.25) is 4.79 Å². The van der Waals surface area contributed by atoms with Gasteiger partial charge in [-0.1, -0.05) is 44.0 Å². The zero-order valence-electron chi connectivity index (χ0n) is 8.71. The molecule has 0 heterocycles. The smallest absolute Gasteiger partial charge is 0.177 e. The number of carbonyl (C=O) groups excluding carboxylic acids is 1. The molecule has 0 N–H and O–H groups in total. The van der Waals surface area contributed by atoms with Gasteiger partial charge in [0.15, 0.2) is 5.78 Å². The highest BCUT2D eigenvalue weighted by molar-refractivity contribution is 9.12. The summed E-state index contributed by atoms with van der Waals surface area (Å²) in [4.78, 5) is 13.7. The summed E-state index contributed by atoms with van der Waals surface area (Å²) >= 11 is 6.61. The summed E-state index contributed by atoms with van der Waals surface area (Å²) in [6.45, 7) is 0. The summed E-state index contributed by atoms with van der Waals surface area (Å²) in [5, 5.41) is 0.623. The van der Waals surface area contributed by atoms with Crippen molar-refractivity contribution in [2.45, 2.75) is 4.83 Å². The minimum absolute atomic E-state index is 0.107. The molecule has 0 amide bonds. The van der Waals surface area contributed by atoms with Crippen LogP contribution in [0.3, 0.4) is 0 Å². The Balaban J connectivity index is 2.95. The molecule has 1 atom stereocenters. The Morgan fingerprint density at radius 2 is 2.13 bits per heavy atom. The lowest BCUT2D eigenvalue weighted by molar-refractivity contribution is 0.0997. The van der Waals surface area contributed by atoms with Crippen molar-refractivity contribution >= 4 is 43.3 Å². The molecule has 0 saturated carbocycles. The predicted octanol–water partition coefficient (Wildman–Crippen LogP) is 3.09. The first-order chi connectivity index (χ1) is 7.06. The number of anilines is 1. The predicted molar refractivity (Wildman–Crippen MR) is 71.6 cm³/mol. The van der Waals surface area contributed by atoms with Crippen molar-refractivity contribution in [3.63, 3.8) is 0 Å². The Morgan fingerprint density at radius 1 is 1.47 bits per heavy atom. The van der Waals surface area contributed by atoms with E-state index < -0.39 is 0 Å². The second-order valence-electron chi connectivity index (χ2n) is 3.43. The van der Waals surface area contributed by atoms with Gasteiger partial charge in [0.05, 0.1) is 4.83 Å². The van der Waals surface area contributed by atoms with Crippen LogP contribution in [0.1, 0.15) is 10.4 Å². The zero-order valence-corrected chi connectivity index (χ0v) is 11.9. The standard InChI is InChI=1S/C11H13Br2NO/c1-14(2)9-5-3-4-8(6-9)11(15)10(13)7-12/h3-6,10H,7H2,1-2H3. The van der Waals surface area contributed by atoms with Crippen LogP contribution in [0.15, 0.2) is 24.3 Å². The van der Waals surface area contributed by atoms with Crippen LogP contribution in [0, 0.1) is 0 Å². The van der Waals surface area contributed by atoms with E-state index in [1.165, 1.54) is 0 Å². The largest absolute Gasteiger partial charge is 0.378 e. The van der Waals surface area contributed by atoms with Crippen molar-refractivity contribution in [2.24, 2.45) is 0 Å². The minimum Gasteiger partial charge on any atom is -0.378 e. The van der Waals surface area contributed by atoms with E-state index in [0.717, 1.165) is 11.3 Å². The third kappa shape index (κ3) is 3.31. The van der Waals surface area contributed by atoms with Crippen molar-refractivity contribution in [3.05, 3.63) is 29.8 Å². The third-order valence-corrected chi connectivity index (χ3v) is 4.32. The lowest BCUT2D eigenvalue weighted by Crippen LogP contribution is -2.16. The summed E-state index contributed by atoms with van der Waals surface area (Å²) in [7, 11) is 3.92. The molecule has 1 rings (SSSR count). The van der Waals surface area contributed by atoms with E-state index in [9.17, 15) is 4.79 Å². The van der Waals surface area contributed by atoms with Crippen LogP contribution in [-0.2, 0) is 0 Å². The Labute approximate surface area is 107 Å². The number of alkyl halides is 2. The summed E-state index contributed by atoms with van der Waals surface area (Å²) in [6.07, 6.45) is 0. The summed E-state index contributed by atoms with van der Waals surface area (Å²) in [5.74, 6) is 0.107. The van der Waals surface area contributed by atoms with Gasteiger partial charge >= 0.3 is 0 Å². The molecule has 0 bridgehead atoms. The molecular formula is C11H13Br2NO. The second kappa shape index (κ2) is 5.66. The van der Waals surface area contributed by atoms with E-state index in [0.29, 0.717) is 5.33 Å². The topological polar surface area (TPSA) is 20.3 Å². The number of rotatable bonds is 4. The lowest BCUT2D eigenvalue weighted by Gasteiger charge is -2.13. The maximum absolute atomic E-state index is 11.9. The molecule has 15 heavy (non-hydrogen) atoms. The maximum Gasteiger partial charge on any atom is 0.177 e. The molecule has 0 fully saturated rings. The SMILES string of the molecule is CN(C)c1cccc(C(=O)C(Br)CBr)c1. The summed E-state index contributed by atoms with van der Waals surface area (Å²) < 4.78 is 0. The van der Waals surface area contributed by atoms with Crippen LogP contribution in [0.4, 0.5) is 5.69 Å². The Morgan fingerprint density at radius 3 is 2.67 bits per heavy atom. The van der Waals surface area contributed by atoms with Crippen molar-refractivity contribution in [3.8, 4) is 0 Å². The first-order valence-corrected chi connectivity index (χ1v) is 6.61. The molecule has 1 aromatic rings. The number of benzene rings is 1. The summed E-state index contributed by atoms with van der Waals surface area (Å²) in [6, 6.07) is 7.62. The first-order valence-electron chi connectivity index (χ1n) is 4.58. The van der Waals surface area contributed by atoms with Gasteiger partial charge in [0.2, 0.25) is 0 Å². The normalized spacial score (nSPS) is 12.3. The number of carbonyl (C=O) groups is 1. The minimum atomic E-state index is -0.157. The fraction of sp³-hybridized carbons (Fsp3) is 0.364. The van der Waals surface area contributed by atoms with E-state index >= 15 is 0 Å². The Kier molecular flexibility index (Phi) is 4.80. The van der Waals surface area contributed by atoms with E-state index in [1.54, 1.807) is 0 Å². The first kappa shape index (κ1) is 12.7. The quantitative estimate of drug-likeness (QED) is 0.623. The van der Waals surface area contributed by atoms with E-state index in [-0.39, 0.29) is 10.6 Å². The van der Waals surface area contributed by atoms with Crippen molar-refractivity contribution in [2.75, 3.05) is 24.3 Å². The van der Waals surface area contributed by atoms with Gasteiger partial charge in [0, 0.05) is 30.7 Å². The monoisotopic (exact) mass is 333 g/mol. The fourth-order valence-electron chi connectivity index (χ4n) is 1.19. The van der Waals surface area contributed by atoms with E-state index in [2.05, 4.69) is 31.9 Å². The lowest BCUT2D eigenvalue weighted by atomic mass is 10.1. The number of halogens is 2. The van der Waals surface area contributed by atoms with Gasteiger partial charge in [-0.25, -0.2) is 0 Å². The molecule has 1 unspecified atom stereocenters. The molecule has 0 aromatic heterocycles. The molecule has 0 saturated heterocycles. The molecule has 0 aliphatic rings. The van der Waals surface area contributed by atoms with Gasteiger partial charge in [-0.05, 0) is 12.1 Å². The highest BCUT2D eigenvalue weighted by Crippen LogP contribution is 2.17. The van der Waals surface area contributed by atoms with Gasteiger partial charge in [-0.15, -0.1) is 0 Å². The molecule has 82 valence electrons. The molecule has 2 nitrogen and oxygen atoms in total. The molecule has 0 radical (unpaired) electrons. The van der Waals surface area contributed by atoms with Crippen molar-refractivity contribution in [1.82, 2.24) is 0 Å². The van der Waals surface area contributed by atoms with Gasteiger partial charge in [0.1, 0.15) is 0 Å². The van der Waals surface area contributed by atoms with Crippen LogP contribution in [-0.4, -0.2) is 30.0 Å². The molecular weight excluding hydrogens is 322 g/mol. The fourth-order valence-corrected chi connectivity index (χ4v) is 1.75. The van der Waals surface area contributed by atoms with Crippen LogP contribution in [0.25, 0.3) is 0 Å². The maximum atomic E-state index is 11.9. The Bertz CT molecular complexity index is 352. The molecule has 4 heteroatoms. The number of hydrogen-bond acceptors (Lipinski definition) is 2. The zero-order chi connectivity index (χ0) is 11.4. The van der Waals surface area contributed by atoms with Crippen LogP contribution < -0.4 is 4.90 Å². The number of ketones is 1. The highest BCUT2D eigenvalue weighted by Gasteiger charge is 2.15. The molecule has 1 aromatic carbocycles. The van der Waals surface area contributed by atoms with Gasteiger partial charge < -0.3 is 4.90 Å². The number of hydrogen-bond donors (Lipinski definition) is 0. The molecule has 0 aliphatic heterocycles. The average molecular weight is 335 g/mol. The van der Waals surface area contributed by atoms with Crippen molar-refractivity contribution in [1.29, 1.82) is 0 Å².